The number of aryl methyl sites for hydroxylation is 1. The van der Waals surface area contributed by atoms with E-state index in [9.17, 15) is 13.2 Å². The van der Waals surface area contributed by atoms with Gasteiger partial charge in [-0.2, -0.15) is 9.40 Å². The molecule has 0 spiro atoms. The number of sulfonamides is 1. The van der Waals surface area contributed by atoms with E-state index in [-0.39, 0.29) is 16.8 Å². The molecule has 1 aromatic carbocycles. The van der Waals surface area contributed by atoms with Gasteiger partial charge in [0.25, 0.3) is 5.91 Å². The van der Waals surface area contributed by atoms with Crippen molar-refractivity contribution in [2.24, 2.45) is 0 Å². The molecule has 3 aromatic rings. The highest BCUT2D eigenvalue weighted by Gasteiger charge is 2.27. The van der Waals surface area contributed by atoms with Gasteiger partial charge in [0.15, 0.2) is 5.65 Å². The number of carbonyl (C=O) groups excluding carboxylic acids is 1. The first-order valence-corrected chi connectivity index (χ1v) is 11.5. The number of fused-ring (bicyclic) bond motifs is 1. The zero-order valence-corrected chi connectivity index (χ0v) is 18.1. The molecule has 30 heavy (non-hydrogen) atoms. The van der Waals surface area contributed by atoms with Gasteiger partial charge in [-0.3, -0.25) is 4.79 Å². The first-order valence-electron chi connectivity index (χ1n) is 10.0. The van der Waals surface area contributed by atoms with Crippen molar-refractivity contribution >= 4 is 32.7 Å². The third kappa shape index (κ3) is 3.70. The molecular formula is C21H25N5O3S. The maximum atomic E-state index is 12.8. The van der Waals surface area contributed by atoms with Crippen LogP contribution in [0, 0.1) is 6.92 Å². The van der Waals surface area contributed by atoms with Crippen molar-refractivity contribution in [1.82, 2.24) is 19.1 Å². The predicted molar refractivity (Wildman–Crippen MR) is 115 cm³/mol. The van der Waals surface area contributed by atoms with Crippen molar-refractivity contribution in [2.75, 3.05) is 18.4 Å². The van der Waals surface area contributed by atoms with Crippen LogP contribution in [-0.4, -0.2) is 46.5 Å². The van der Waals surface area contributed by atoms with Crippen molar-refractivity contribution in [3.8, 4) is 0 Å². The maximum Gasteiger partial charge on any atom is 0.257 e. The number of rotatable bonds is 5. The Morgan fingerprint density at radius 3 is 2.43 bits per heavy atom. The fourth-order valence-electron chi connectivity index (χ4n) is 3.66. The minimum Gasteiger partial charge on any atom is -0.322 e. The zero-order chi connectivity index (χ0) is 21.5. The van der Waals surface area contributed by atoms with Crippen LogP contribution in [0.25, 0.3) is 11.0 Å². The van der Waals surface area contributed by atoms with Gasteiger partial charge in [0.2, 0.25) is 10.0 Å². The smallest absolute Gasteiger partial charge is 0.257 e. The molecule has 3 heterocycles. The van der Waals surface area contributed by atoms with E-state index in [4.69, 9.17) is 0 Å². The summed E-state index contributed by atoms with van der Waals surface area (Å²) in [6.45, 7) is 6.96. The average molecular weight is 428 g/mol. The predicted octanol–water partition coefficient (Wildman–Crippen LogP) is 3.36. The van der Waals surface area contributed by atoms with Crippen molar-refractivity contribution in [2.45, 2.75) is 44.6 Å². The number of hydrogen-bond donors (Lipinski definition) is 1. The summed E-state index contributed by atoms with van der Waals surface area (Å²) in [7, 11) is -3.47. The molecule has 0 unspecified atom stereocenters. The lowest BCUT2D eigenvalue weighted by Crippen LogP contribution is -2.27. The van der Waals surface area contributed by atoms with Gasteiger partial charge in [-0.25, -0.2) is 18.1 Å². The summed E-state index contributed by atoms with van der Waals surface area (Å²) in [5.41, 5.74) is 2.34. The largest absolute Gasteiger partial charge is 0.322 e. The van der Waals surface area contributed by atoms with Crippen LogP contribution in [0.15, 0.2) is 41.4 Å². The number of hydrogen-bond acceptors (Lipinski definition) is 5. The molecule has 1 N–H and O–H groups in total. The number of amides is 1. The van der Waals surface area contributed by atoms with Crippen molar-refractivity contribution in [3.63, 3.8) is 0 Å². The van der Waals surface area contributed by atoms with Gasteiger partial charge in [0.1, 0.15) is 0 Å². The van der Waals surface area contributed by atoms with Crippen molar-refractivity contribution in [1.29, 1.82) is 0 Å². The van der Waals surface area contributed by atoms with Crippen LogP contribution in [0.3, 0.4) is 0 Å². The van der Waals surface area contributed by atoms with Crippen LogP contribution >= 0.6 is 0 Å². The highest BCUT2D eigenvalue weighted by Crippen LogP contribution is 2.23. The second-order valence-electron chi connectivity index (χ2n) is 7.81. The third-order valence-corrected chi connectivity index (χ3v) is 7.22. The van der Waals surface area contributed by atoms with E-state index < -0.39 is 10.0 Å². The summed E-state index contributed by atoms with van der Waals surface area (Å²) in [4.78, 5) is 17.6. The van der Waals surface area contributed by atoms with Gasteiger partial charge in [0, 0.05) is 30.2 Å². The van der Waals surface area contributed by atoms with E-state index in [1.54, 1.807) is 31.3 Å². The molecule has 1 saturated heterocycles. The molecule has 0 atom stereocenters. The van der Waals surface area contributed by atoms with Crippen LogP contribution in [0.2, 0.25) is 0 Å². The molecule has 158 valence electrons. The molecule has 1 aliphatic rings. The summed E-state index contributed by atoms with van der Waals surface area (Å²) in [5.74, 6) is -0.297. The number of anilines is 1. The lowest BCUT2D eigenvalue weighted by molar-refractivity contribution is 0.102. The van der Waals surface area contributed by atoms with Gasteiger partial charge in [-0.15, -0.1) is 0 Å². The Morgan fingerprint density at radius 2 is 1.80 bits per heavy atom. The number of benzene rings is 1. The minimum absolute atomic E-state index is 0.171. The zero-order valence-electron chi connectivity index (χ0n) is 17.3. The van der Waals surface area contributed by atoms with Gasteiger partial charge in [-0.1, -0.05) is 0 Å². The average Bonchev–Trinajstić information content (AvgIpc) is 3.38. The molecule has 0 saturated carbocycles. The molecule has 0 aliphatic carbocycles. The van der Waals surface area contributed by atoms with Gasteiger partial charge in [0.05, 0.1) is 22.3 Å². The van der Waals surface area contributed by atoms with E-state index in [0.29, 0.717) is 30.0 Å². The Labute approximate surface area is 176 Å². The third-order valence-electron chi connectivity index (χ3n) is 5.31. The molecule has 4 rings (SSSR count). The summed E-state index contributed by atoms with van der Waals surface area (Å²) in [6, 6.07) is 8.24. The van der Waals surface area contributed by atoms with E-state index in [1.807, 2.05) is 18.5 Å². The molecule has 8 nitrogen and oxygen atoms in total. The number of nitrogens with zero attached hydrogens (tertiary/aromatic N) is 4. The fourth-order valence-corrected chi connectivity index (χ4v) is 5.18. The summed E-state index contributed by atoms with van der Waals surface area (Å²) in [6.07, 6.45) is 3.49. The fraction of sp³-hybridized carbons (Fsp3) is 0.381. The molecule has 0 bridgehead atoms. The number of aromatic nitrogens is 3. The first kappa shape index (κ1) is 20.5. The molecule has 9 heteroatoms. The normalized spacial score (nSPS) is 15.2. The van der Waals surface area contributed by atoms with Crippen LogP contribution in [-0.2, 0) is 10.0 Å². The maximum absolute atomic E-state index is 12.8. The topological polar surface area (TPSA) is 97.2 Å². The van der Waals surface area contributed by atoms with Crippen LogP contribution in [0.5, 0.6) is 0 Å². The highest BCUT2D eigenvalue weighted by molar-refractivity contribution is 7.89. The monoisotopic (exact) mass is 427 g/mol. The Hall–Kier alpha value is -2.78. The van der Waals surface area contributed by atoms with Gasteiger partial charge < -0.3 is 5.32 Å². The van der Waals surface area contributed by atoms with Crippen LogP contribution < -0.4 is 5.32 Å². The standard InChI is InChI=1S/C21H25N5O3S/c1-14(2)26-20-16(13-22-26)12-19(15(3)23-20)21(27)24-17-6-8-18(9-7-17)30(28,29)25-10-4-5-11-25/h6-9,12-14H,4-5,10-11H2,1-3H3,(H,24,27). The Balaban J connectivity index is 1.55. The lowest BCUT2D eigenvalue weighted by atomic mass is 10.1. The van der Waals surface area contributed by atoms with Crippen molar-refractivity contribution in [3.05, 3.63) is 47.8 Å². The molecule has 1 amide bonds. The molecular weight excluding hydrogens is 402 g/mol. The van der Waals surface area contributed by atoms with E-state index in [0.717, 1.165) is 23.9 Å². The quantitative estimate of drug-likeness (QED) is 0.673. The van der Waals surface area contributed by atoms with E-state index in [2.05, 4.69) is 15.4 Å². The summed E-state index contributed by atoms with van der Waals surface area (Å²) >= 11 is 0. The van der Waals surface area contributed by atoms with Gasteiger partial charge in [-0.05, 0) is 63.9 Å². The number of nitrogens with one attached hydrogen (secondary N) is 1. The first-order chi connectivity index (χ1) is 14.3. The Morgan fingerprint density at radius 1 is 1.13 bits per heavy atom. The molecule has 2 aromatic heterocycles. The molecule has 1 aliphatic heterocycles. The van der Waals surface area contributed by atoms with Crippen LogP contribution in [0.4, 0.5) is 5.69 Å². The molecule has 0 radical (unpaired) electrons. The lowest BCUT2D eigenvalue weighted by Gasteiger charge is -2.15. The van der Waals surface area contributed by atoms with E-state index >= 15 is 0 Å². The Bertz CT molecular complexity index is 1190. The van der Waals surface area contributed by atoms with Crippen molar-refractivity contribution < 1.29 is 13.2 Å². The second-order valence-corrected chi connectivity index (χ2v) is 9.74. The highest BCUT2D eigenvalue weighted by atomic mass is 32.2. The SMILES string of the molecule is Cc1nc2c(cnn2C(C)C)cc1C(=O)Nc1ccc(S(=O)(=O)N2CCCC2)cc1. The minimum atomic E-state index is -3.47. The summed E-state index contributed by atoms with van der Waals surface area (Å²) < 4.78 is 28.6. The summed E-state index contributed by atoms with van der Waals surface area (Å²) in [5, 5.41) is 7.97. The van der Waals surface area contributed by atoms with Crippen LogP contribution in [0.1, 0.15) is 48.8 Å². The van der Waals surface area contributed by atoms with Gasteiger partial charge >= 0.3 is 0 Å². The number of pyridine rings is 1. The number of carbonyl (C=O) groups is 1. The Kier molecular flexibility index (Phi) is 5.33. The molecule has 1 fully saturated rings. The van der Waals surface area contributed by atoms with E-state index in [1.165, 1.54) is 16.4 Å². The second kappa shape index (κ2) is 7.81.